The van der Waals surface area contributed by atoms with Gasteiger partial charge in [0.15, 0.2) is 0 Å². The van der Waals surface area contributed by atoms with Crippen LogP contribution in [0.2, 0.25) is 0 Å². The van der Waals surface area contributed by atoms with Crippen molar-refractivity contribution in [3.8, 4) is 0 Å². The molecule has 0 aliphatic carbocycles. The number of hydrogen-bond donors (Lipinski definition) is 1. The van der Waals surface area contributed by atoms with E-state index >= 15 is 0 Å². The van der Waals surface area contributed by atoms with Crippen molar-refractivity contribution in [2.75, 3.05) is 6.54 Å². The number of amides is 1. The number of carbonyl (C=O) groups is 2. The molecule has 1 saturated heterocycles. The van der Waals surface area contributed by atoms with Crippen molar-refractivity contribution in [3.05, 3.63) is 40.3 Å². The van der Waals surface area contributed by atoms with Gasteiger partial charge < -0.3 is 9.84 Å². The van der Waals surface area contributed by atoms with Crippen LogP contribution in [-0.4, -0.2) is 34.7 Å². The van der Waals surface area contributed by atoms with E-state index in [1.807, 2.05) is 0 Å². The maximum absolute atomic E-state index is 11.7. The topological polar surface area (TPSA) is 116 Å². The van der Waals surface area contributed by atoms with Gasteiger partial charge in [0.25, 0.3) is 0 Å². The van der Waals surface area contributed by atoms with Crippen LogP contribution in [0.5, 0.6) is 0 Å². The summed E-state index contributed by atoms with van der Waals surface area (Å²) in [6, 6.07) is 5.76. The zero-order valence-electron chi connectivity index (χ0n) is 10.5. The maximum Gasteiger partial charge on any atom is 0.410 e. The van der Waals surface area contributed by atoms with E-state index < -0.39 is 18.1 Å². The molecule has 104 valence electrons. The third kappa shape index (κ3) is 2.99. The second-order valence-electron chi connectivity index (χ2n) is 4.25. The minimum atomic E-state index is -1.02. The van der Waals surface area contributed by atoms with Crippen LogP contribution in [0.15, 0.2) is 29.4 Å². The van der Waals surface area contributed by atoms with Gasteiger partial charge >= 0.3 is 12.1 Å². The highest BCUT2D eigenvalue weighted by Crippen LogP contribution is 2.19. The first-order chi connectivity index (χ1) is 9.61. The second-order valence-corrected chi connectivity index (χ2v) is 4.25. The molecule has 1 aromatic rings. The van der Waals surface area contributed by atoms with Crippen LogP contribution in [0.4, 0.5) is 10.5 Å². The van der Waals surface area contributed by atoms with Crippen LogP contribution in [-0.2, 0) is 16.1 Å². The van der Waals surface area contributed by atoms with Gasteiger partial charge in [-0.1, -0.05) is 29.4 Å². The summed E-state index contributed by atoms with van der Waals surface area (Å²) in [6.07, 6.45) is -0.187. The Morgan fingerprint density at radius 2 is 2.15 bits per heavy atom. The lowest BCUT2D eigenvalue weighted by Gasteiger charge is -2.36. The molecule has 1 fully saturated rings. The zero-order chi connectivity index (χ0) is 14.5. The van der Waals surface area contributed by atoms with Gasteiger partial charge in [-0.05, 0) is 17.5 Å². The highest BCUT2D eigenvalue weighted by Gasteiger charge is 2.38. The van der Waals surface area contributed by atoms with Crippen LogP contribution < -0.4 is 0 Å². The predicted molar refractivity (Wildman–Crippen MR) is 68.2 cm³/mol. The predicted octanol–water partition coefficient (Wildman–Crippen LogP) is 2.42. The number of nitrogens with zero attached hydrogens (tertiary/aromatic N) is 4. The number of azide groups is 1. The van der Waals surface area contributed by atoms with Gasteiger partial charge in [0.05, 0.1) is 0 Å². The lowest BCUT2D eigenvalue weighted by atomic mass is 10.1. The molecule has 0 spiro atoms. The number of likely N-dealkylation sites (tertiary alicyclic amines) is 1. The van der Waals surface area contributed by atoms with Crippen LogP contribution in [0.3, 0.4) is 0 Å². The molecule has 0 bridgehead atoms. The number of benzene rings is 1. The second kappa shape index (κ2) is 5.94. The molecule has 8 heteroatoms. The van der Waals surface area contributed by atoms with Gasteiger partial charge in [-0.15, -0.1) is 0 Å². The lowest BCUT2D eigenvalue weighted by Crippen LogP contribution is -2.55. The van der Waals surface area contributed by atoms with Crippen molar-refractivity contribution in [3.63, 3.8) is 0 Å². The summed E-state index contributed by atoms with van der Waals surface area (Å²) in [6.45, 7) is 0.434. The Kier molecular flexibility index (Phi) is 4.07. The Hall–Kier alpha value is -2.73. The molecule has 2 rings (SSSR count). The molecule has 8 nitrogen and oxygen atoms in total. The fourth-order valence-electron chi connectivity index (χ4n) is 1.80. The van der Waals surface area contributed by atoms with Crippen molar-refractivity contribution >= 4 is 17.7 Å². The maximum atomic E-state index is 11.7. The third-order valence-electron chi connectivity index (χ3n) is 3.00. The Balaban J connectivity index is 1.87. The number of carboxylic acids is 1. The average Bonchev–Trinajstić information content (AvgIpc) is 2.36. The normalized spacial score (nSPS) is 16.8. The quantitative estimate of drug-likeness (QED) is 0.516. The number of hydrogen-bond acceptors (Lipinski definition) is 4. The first kappa shape index (κ1) is 13.7. The molecule has 0 aromatic heterocycles. The molecule has 1 aliphatic rings. The molecule has 1 aliphatic heterocycles. The first-order valence-corrected chi connectivity index (χ1v) is 5.92. The zero-order valence-corrected chi connectivity index (χ0v) is 10.5. The van der Waals surface area contributed by atoms with Crippen LogP contribution in [0, 0.1) is 0 Å². The summed E-state index contributed by atoms with van der Waals surface area (Å²) in [5, 5.41) is 12.3. The summed E-state index contributed by atoms with van der Waals surface area (Å²) in [4.78, 5) is 26.3. The van der Waals surface area contributed by atoms with Gasteiger partial charge in [-0.3, -0.25) is 4.90 Å². The SMILES string of the molecule is [N-]=[N+]=Nc1ccc(COC(=O)N2CC[C@H]2C(=O)O)cc1. The monoisotopic (exact) mass is 276 g/mol. The molecule has 20 heavy (non-hydrogen) atoms. The number of carbonyl (C=O) groups excluding carboxylic acids is 1. The van der Waals surface area contributed by atoms with Crippen LogP contribution >= 0.6 is 0 Å². The van der Waals surface area contributed by atoms with E-state index in [0.717, 1.165) is 5.56 Å². The molecular weight excluding hydrogens is 264 g/mol. The fourth-order valence-corrected chi connectivity index (χ4v) is 1.80. The standard InChI is InChI=1S/C12H12N4O4/c13-15-14-9-3-1-8(2-4-9)7-20-12(19)16-6-5-10(16)11(17)18/h1-4,10H,5-7H2,(H,17,18)/t10-/m0/s1. The Labute approximate surface area is 114 Å². The van der Waals surface area contributed by atoms with E-state index in [4.69, 9.17) is 15.4 Å². The lowest BCUT2D eigenvalue weighted by molar-refractivity contribution is -0.146. The summed E-state index contributed by atoms with van der Waals surface area (Å²) in [7, 11) is 0. The van der Waals surface area contributed by atoms with Gasteiger partial charge in [-0.25, -0.2) is 9.59 Å². The van der Waals surface area contributed by atoms with Crippen molar-refractivity contribution in [2.24, 2.45) is 5.11 Å². The highest BCUT2D eigenvalue weighted by molar-refractivity contribution is 5.81. The highest BCUT2D eigenvalue weighted by atomic mass is 16.6. The van der Waals surface area contributed by atoms with Crippen molar-refractivity contribution in [2.45, 2.75) is 19.1 Å². The minimum Gasteiger partial charge on any atom is -0.480 e. The Morgan fingerprint density at radius 1 is 1.45 bits per heavy atom. The Morgan fingerprint density at radius 3 is 2.65 bits per heavy atom. The summed E-state index contributed by atoms with van der Waals surface area (Å²) < 4.78 is 5.03. The molecule has 1 heterocycles. The largest absolute Gasteiger partial charge is 0.480 e. The fraction of sp³-hybridized carbons (Fsp3) is 0.333. The third-order valence-corrected chi connectivity index (χ3v) is 3.00. The van der Waals surface area contributed by atoms with Gasteiger partial charge in [0.1, 0.15) is 12.6 Å². The van der Waals surface area contributed by atoms with E-state index in [2.05, 4.69) is 10.0 Å². The van der Waals surface area contributed by atoms with Gasteiger partial charge in [0, 0.05) is 17.1 Å². The van der Waals surface area contributed by atoms with E-state index in [9.17, 15) is 9.59 Å². The van der Waals surface area contributed by atoms with Crippen molar-refractivity contribution in [1.29, 1.82) is 0 Å². The number of rotatable bonds is 4. The average molecular weight is 276 g/mol. The van der Waals surface area contributed by atoms with Gasteiger partial charge in [-0.2, -0.15) is 0 Å². The smallest absolute Gasteiger partial charge is 0.410 e. The molecule has 1 amide bonds. The van der Waals surface area contributed by atoms with Crippen LogP contribution in [0.1, 0.15) is 12.0 Å². The van der Waals surface area contributed by atoms with Crippen molar-refractivity contribution < 1.29 is 19.4 Å². The van der Waals surface area contributed by atoms with Crippen LogP contribution in [0.25, 0.3) is 10.4 Å². The molecule has 0 saturated carbocycles. The van der Waals surface area contributed by atoms with Gasteiger partial charge in [0.2, 0.25) is 0 Å². The summed E-state index contributed by atoms with van der Waals surface area (Å²) in [5.74, 6) is -1.02. The number of carboxylic acid groups (broad SMARTS) is 1. The molecule has 0 radical (unpaired) electrons. The van der Waals surface area contributed by atoms with E-state index in [0.29, 0.717) is 18.7 Å². The van der Waals surface area contributed by atoms with E-state index in [-0.39, 0.29) is 6.61 Å². The summed E-state index contributed by atoms with van der Waals surface area (Å²) >= 11 is 0. The molecular formula is C12H12N4O4. The summed E-state index contributed by atoms with van der Waals surface area (Å²) in [5.41, 5.74) is 9.46. The van der Waals surface area contributed by atoms with E-state index in [1.54, 1.807) is 24.3 Å². The van der Waals surface area contributed by atoms with Crippen molar-refractivity contribution in [1.82, 2.24) is 4.90 Å². The molecule has 1 atom stereocenters. The Bertz CT molecular complexity index is 565. The number of aliphatic carboxylic acids is 1. The molecule has 1 N–H and O–H groups in total. The molecule has 0 unspecified atom stereocenters. The van der Waals surface area contributed by atoms with E-state index in [1.165, 1.54) is 4.90 Å². The molecule has 1 aromatic carbocycles. The first-order valence-electron chi connectivity index (χ1n) is 5.92. The number of ether oxygens (including phenoxy) is 1. The minimum absolute atomic E-state index is 0.0399.